The average molecular weight is 419 g/mol. The lowest BCUT2D eigenvalue weighted by Gasteiger charge is -2.45. The van der Waals surface area contributed by atoms with Crippen LogP contribution in [0.3, 0.4) is 0 Å². The van der Waals surface area contributed by atoms with E-state index >= 15 is 0 Å². The molecule has 2 aliphatic rings. The first-order chi connectivity index (χ1) is 13.9. The van der Waals surface area contributed by atoms with Crippen LogP contribution in [0.25, 0.3) is 0 Å². The lowest BCUT2D eigenvalue weighted by molar-refractivity contribution is -0.0526. The van der Waals surface area contributed by atoms with Crippen LogP contribution >= 0.6 is 11.8 Å². The van der Waals surface area contributed by atoms with E-state index in [1.54, 1.807) is 6.07 Å². The maximum Gasteiger partial charge on any atom is 0.274 e. The van der Waals surface area contributed by atoms with Crippen LogP contribution in [-0.4, -0.2) is 41.2 Å². The summed E-state index contributed by atoms with van der Waals surface area (Å²) in [5.41, 5.74) is 11.2. The van der Waals surface area contributed by atoms with Crippen molar-refractivity contribution in [3.63, 3.8) is 0 Å². The number of fused-ring (bicyclic) bond motifs is 1. The van der Waals surface area contributed by atoms with E-state index in [4.69, 9.17) is 16.2 Å². The predicted molar refractivity (Wildman–Crippen MR) is 108 cm³/mol. The number of hydrogen-bond donors (Lipinski definition) is 3. The Bertz CT molecular complexity index is 972. The fraction of sp³-hybridized carbons (Fsp3) is 0.316. The number of anilines is 2. The summed E-state index contributed by atoms with van der Waals surface area (Å²) in [6, 6.07) is 7.12. The molecule has 1 unspecified atom stereocenters. The highest BCUT2D eigenvalue weighted by atomic mass is 32.2. The molecule has 10 heteroatoms. The number of aromatic nitrogens is 1. The molecule has 1 fully saturated rings. The Hall–Kier alpha value is -2.72. The Morgan fingerprint density at radius 1 is 1.31 bits per heavy atom. The number of nitrogens with zero attached hydrogens (tertiary/aromatic N) is 2. The molecule has 0 aliphatic carbocycles. The molecular weight excluding hydrogens is 400 g/mol. The van der Waals surface area contributed by atoms with Crippen molar-refractivity contribution in [2.45, 2.75) is 11.7 Å². The Balaban J connectivity index is 1.70. The minimum Gasteiger partial charge on any atom is -0.397 e. The minimum atomic E-state index is -1.30. The Morgan fingerprint density at radius 2 is 2.14 bits per heavy atom. The number of ether oxygens (including phenoxy) is 1. The number of thioether (sulfide) groups is 1. The standard InChI is InChI=1S/C19H19F2N5O2S/c20-14-3-2-11(25-17(27)16-4-1-10(22)6-24-16)5-12(14)19-9-28-7-15(21)13(19)8-29-18(23)26-19/h1-6,13,15H,7-9,22H2,(H2,23,26)(H,25,27)/t13?,15-,19-/m1/s1. The van der Waals surface area contributed by atoms with E-state index < -0.39 is 29.4 Å². The Labute approximate surface area is 169 Å². The summed E-state index contributed by atoms with van der Waals surface area (Å²) in [6.45, 7) is -0.0591. The van der Waals surface area contributed by atoms with Crippen LogP contribution in [0.5, 0.6) is 0 Å². The maximum atomic E-state index is 14.8. The number of pyridine rings is 1. The molecule has 2 aliphatic heterocycles. The van der Waals surface area contributed by atoms with Crippen LogP contribution in [0.15, 0.2) is 41.5 Å². The number of nitrogens with two attached hydrogens (primary N) is 2. The van der Waals surface area contributed by atoms with Gasteiger partial charge in [-0.1, -0.05) is 11.8 Å². The van der Waals surface area contributed by atoms with E-state index in [0.29, 0.717) is 17.1 Å². The van der Waals surface area contributed by atoms with Gasteiger partial charge in [-0.3, -0.25) is 4.79 Å². The van der Waals surface area contributed by atoms with Crippen molar-refractivity contribution in [1.82, 2.24) is 4.98 Å². The number of halogens is 2. The average Bonchev–Trinajstić information content (AvgIpc) is 2.69. The highest BCUT2D eigenvalue weighted by Crippen LogP contribution is 2.46. The lowest BCUT2D eigenvalue weighted by atomic mass is 9.75. The number of rotatable bonds is 3. The van der Waals surface area contributed by atoms with Gasteiger partial charge < -0.3 is 21.5 Å². The maximum absolute atomic E-state index is 14.8. The monoisotopic (exact) mass is 419 g/mol. The number of amidine groups is 1. The third-order valence-electron chi connectivity index (χ3n) is 5.08. The number of amides is 1. The number of alkyl halides is 1. The molecule has 0 spiro atoms. The molecule has 0 bridgehead atoms. The predicted octanol–water partition coefficient (Wildman–Crippen LogP) is 2.30. The Kier molecular flexibility index (Phi) is 5.13. The number of nitrogen functional groups attached to an aromatic ring is 1. The van der Waals surface area contributed by atoms with E-state index in [1.807, 2.05) is 0 Å². The number of nitrogens with one attached hydrogen (secondary N) is 1. The highest BCUT2D eigenvalue weighted by Gasteiger charge is 2.51. The zero-order valence-corrected chi connectivity index (χ0v) is 16.1. The SMILES string of the molecule is NC1=N[C@@]2(c3cc(NC(=O)c4ccc(N)cn4)ccc3F)COC[C@@H](F)C2CS1. The smallest absolute Gasteiger partial charge is 0.274 e. The van der Waals surface area contributed by atoms with Gasteiger partial charge in [0.25, 0.3) is 5.91 Å². The second-order valence-electron chi connectivity index (χ2n) is 6.95. The third kappa shape index (κ3) is 3.65. The molecular formula is C19H19F2N5O2S. The summed E-state index contributed by atoms with van der Waals surface area (Å²) in [7, 11) is 0. The molecule has 4 rings (SSSR count). The van der Waals surface area contributed by atoms with Crippen LogP contribution in [0, 0.1) is 11.7 Å². The normalized spacial score (nSPS) is 26.3. The zero-order valence-electron chi connectivity index (χ0n) is 15.3. The van der Waals surface area contributed by atoms with Gasteiger partial charge in [0.1, 0.15) is 23.2 Å². The molecule has 3 heterocycles. The second kappa shape index (κ2) is 7.60. The van der Waals surface area contributed by atoms with Crippen LogP contribution < -0.4 is 16.8 Å². The quantitative estimate of drug-likeness (QED) is 0.703. The van der Waals surface area contributed by atoms with Crippen LogP contribution in [0.1, 0.15) is 16.1 Å². The number of aliphatic imine (C=N–C) groups is 1. The third-order valence-corrected chi connectivity index (χ3v) is 5.99. The van der Waals surface area contributed by atoms with E-state index in [0.717, 1.165) is 0 Å². The summed E-state index contributed by atoms with van der Waals surface area (Å²) in [6.07, 6.45) is 0.0664. The van der Waals surface area contributed by atoms with Gasteiger partial charge in [0, 0.05) is 22.9 Å². The van der Waals surface area contributed by atoms with E-state index in [1.165, 1.54) is 42.2 Å². The topological polar surface area (TPSA) is 116 Å². The second-order valence-corrected chi connectivity index (χ2v) is 7.99. The number of hydrogen-bond acceptors (Lipinski definition) is 7. The summed E-state index contributed by atoms with van der Waals surface area (Å²) >= 11 is 1.24. The van der Waals surface area contributed by atoms with Crippen LogP contribution in [0.2, 0.25) is 0 Å². The van der Waals surface area contributed by atoms with Gasteiger partial charge in [-0.15, -0.1) is 0 Å². The Morgan fingerprint density at radius 3 is 2.90 bits per heavy atom. The summed E-state index contributed by atoms with van der Waals surface area (Å²) in [5, 5.41) is 2.92. The zero-order chi connectivity index (χ0) is 20.6. The van der Waals surface area contributed by atoms with Crippen molar-refractivity contribution in [3.8, 4) is 0 Å². The van der Waals surface area contributed by atoms with E-state index in [2.05, 4.69) is 15.3 Å². The molecule has 3 atom stereocenters. The van der Waals surface area contributed by atoms with Crippen molar-refractivity contribution >= 4 is 34.2 Å². The molecule has 1 aromatic carbocycles. The first-order valence-electron chi connectivity index (χ1n) is 8.92. The highest BCUT2D eigenvalue weighted by molar-refractivity contribution is 8.13. The van der Waals surface area contributed by atoms with Crippen molar-refractivity contribution < 1.29 is 18.3 Å². The lowest BCUT2D eigenvalue weighted by Crippen LogP contribution is -2.53. The fourth-order valence-electron chi connectivity index (χ4n) is 3.62. The molecule has 5 N–H and O–H groups in total. The summed E-state index contributed by atoms with van der Waals surface area (Å²) < 4.78 is 34.9. The van der Waals surface area contributed by atoms with Gasteiger partial charge in [-0.2, -0.15) is 0 Å². The summed E-state index contributed by atoms with van der Waals surface area (Å²) in [4.78, 5) is 20.8. The fourth-order valence-corrected chi connectivity index (χ4v) is 4.68. The molecule has 1 aromatic heterocycles. The van der Waals surface area contributed by atoms with Crippen LogP contribution in [0.4, 0.5) is 20.2 Å². The van der Waals surface area contributed by atoms with Gasteiger partial charge in [-0.05, 0) is 30.3 Å². The summed E-state index contributed by atoms with van der Waals surface area (Å²) in [5.74, 6) is -1.28. The number of benzene rings is 1. The first-order valence-corrected chi connectivity index (χ1v) is 9.90. The molecule has 1 amide bonds. The molecule has 2 aromatic rings. The van der Waals surface area contributed by atoms with Crippen molar-refractivity contribution in [2.75, 3.05) is 30.0 Å². The molecule has 29 heavy (non-hydrogen) atoms. The molecule has 7 nitrogen and oxygen atoms in total. The van der Waals surface area contributed by atoms with Gasteiger partial charge in [0.05, 0.1) is 25.1 Å². The molecule has 0 saturated carbocycles. The van der Waals surface area contributed by atoms with Crippen molar-refractivity contribution in [2.24, 2.45) is 16.6 Å². The van der Waals surface area contributed by atoms with Crippen molar-refractivity contribution in [1.29, 1.82) is 0 Å². The largest absolute Gasteiger partial charge is 0.397 e. The van der Waals surface area contributed by atoms with E-state index in [9.17, 15) is 13.6 Å². The molecule has 152 valence electrons. The van der Waals surface area contributed by atoms with Gasteiger partial charge in [0.15, 0.2) is 5.17 Å². The minimum absolute atomic E-state index is 0.00713. The van der Waals surface area contributed by atoms with Gasteiger partial charge >= 0.3 is 0 Å². The van der Waals surface area contributed by atoms with E-state index in [-0.39, 0.29) is 29.6 Å². The van der Waals surface area contributed by atoms with Crippen LogP contribution in [-0.2, 0) is 10.3 Å². The number of carbonyl (C=O) groups excluding carboxylic acids is 1. The number of carbonyl (C=O) groups is 1. The van der Waals surface area contributed by atoms with Gasteiger partial charge in [-0.25, -0.2) is 18.8 Å². The first kappa shape index (κ1) is 19.6. The van der Waals surface area contributed by atoms with Crippen molar-refractivity contribution in [3.05, 3.63) is 53.6 Å². The molecule has 1 saturated heterocycles. The molecule has 0 radical (unpaired) electrons. The van der Waals surface area contributed by atoms with Gasteiger partial charge in [0.2, 0.25) is 0 Å².